The molecular weight excluding hydrogens is 425 g/mol. The van der Waals surface area contributed by atoms with E-state index in [1.54, 1.807) is 31.2 Å². The molecule has 2 aromatic rings. The van der Waals surface area contributed by atoms with E-state index >= 15 is 0 Å². The molecule has 0 bridgehead atoms. The van der Waals surface area contributed by atoms with Crippen LogP contribution < -0.4 is 0 Å². The van der Waals surface area contributed by atoms with Crippen LogP contribution in [0.1, 0.15) is 56.0 Å². The second-order valence-electron chi connectivity index (χ2n) is 7.86. The number of rotatable bonds is 9. The molecule has 0 aliphatic carbocycles. The van der Waals surface area contributed by atoms with Crippen molar-refractivity contribution in [1.82, 2.24) is 3.97 Å². The van der Waals surface area contributed by atoms with E-state index < -0.39 is 27.6 Å². The maximum atomic E-state index is 13.4. The van der Waals surface area contributed by atoms with Gasteiger partial charge in [0, 0.05) is 28.9 Å². The Bertz CT molecular complexity index is 1080. The van der Waals surface area contributed by atoms with Crippen molar-refractivity contribution in [2.45, 2.75) is 51.7 Å². The van der Waals surface area contributed by atoms with Crippen LogP contribution in [0, 0.1) is 12.7 Å². The van der Waals surface area contributed by atoms with Crippen molar-refractivity contribution in [3.8, 4) is 11.1 Å². The average molecular weight is 454 g/mol. The van der Waals surface area contributed by atoms with Crippen molar-refractivity contribution in [2.75, 3.05) is 6.26 Å². The van der Waals surface area contributed by atoms with Gasteiger partial charge < -0.3 is 15.3 Å². The van der Waals surface area contributed by atoms with Crippen molar-refractivity contribution in [2.24, 2.45) is 0 Å². The molecule has 7 nitrogen and oxygen atoms in total. The second-order valence-corrected chi connectivity index (χ2v) is 9.70. The molecule has 0 amide bonds. The normalized spacial score (nSPS) is 12.8. The van der Waals surface area contributed by atoms with E-state index in [1.807, 2.05) is 13.8 Å². The Morgan fingerprint density at radius 1 is 1.23 bits per heavy atom. The largest absolute Gasteiger partial charge is 0.477 e. The number of halogens is 1. The quantitative estimate of drug-likeness (QED) is 0.395. The SMILES string of the molecule is Cc1c(-c2ccc(F)cc2)c(/C=C/CCCC(O)(O)C(=O)O)c(C(C)C)n1S(C)(=O)=O. The highest BCUT2D eigenvalue weighted by Gasteiger charge is 2.32. The zero-order chi connectivity index (χ0) is 23.6. The number of aromatic nitrogens is 1. The number of hydrogen-bond acceptors (Lipinski definition) is 5. The molecule has 0 saturated carbocycles. The summed E-state index contributed by atoms with van der Waals surface area (Å²) < 4.78 is 39.8. The Morgan fingerprint density at radius 2 is 1.81 bits per heavy atom. The Morgan fingerprint density at radius 3 is 2.29 bits per heavy atom. The van der Waals surface area contributed by atoms with E-state index in [9.17, 15) is 27.8 Å². The van der Waals surface area contributed by atoms with Gasteiger partial charge in [0.15, 0.2) is 0 Å². The van der Waals surface area contributed by atoms with Gasteiger partial charge >= 0.3 is 5.97 Å². The molecule has 1 heterocycles. The highest BCUT2D eigenvalue weighted by atomic mass is 32.2. The van der Waals surface area contributed by atoms with Gasteiger partial charge in [-0.2, -0.15) is 0 Å². The van der Waals surface area contributed by atoms with Gasteiger partial charge in [-0.3, -0.25) is 0 Å². The first-order chi connectivity index (χ1) is 14.3. The Balaban J connectivity index is 2.53. The molecule has 2 rings (SSSR count). The molecule has 0 atom stereocenters. The minimum absolute atomic E-state index is 0.142. The number of carboxylic acid groups (broad SMARTS) is 1. The fourth-order valence-corrected chi connectivity index (χ4v) is 4.87. The Kier molecular flexibility index (Phi) is 7.46. The number of unbranched alkanes of at least 4 members (excludes halogenated alkanes) is 1. The summed E-state index contributed by atoms with van der Waals surface area (Å²) in [7, 11) is -3.61. The van der Waals surface area contributed by atoms with Crippen LogP contribution in [-0.2, 0) is 14.8 Å². The van der Waals surface area contributed by atoms with Crippen LogP contribution in [0.5, 0.6) is 0 Å². The van der Waals surface area contributed by atoms with Crippen molar-refractivity contribution >= 4 is 22.1 Å². The number of benzene rings is 1. The minimum atomic E-state index is -3.61. The van der Waals surface area contributed by atoms with Crippen LogP contribution in [0.25, 0.3) is 17.2 Å². The van der Waals surface area contributed by atoms with Gasteiger partial charge in [0.05, 0.1) is 6.26 Å². The molecule has 1 aromatic heterocycles. The number of allylic oxidation sites excluding steroid dienone is 1. The van der Waals surface area contributed by atoms with Gasteiger partial charge in [-0.25, -0.2) is 21.6 Å². The molecule has 0 fully saturated rings. The number of aliphatic carboxylic acids is 1. The van der Waals surface area contributed by atoms with Gasteiger partial charge in [-0.1, -0.05) is 38.1 Å². The molecule has 0 radical (unpaired) electrons. The first-order valence-electron chi connectivity index (χ1n) is 9.83. The zero-order valence-corrected chi connectivity index (χ0v) is 18.8. The lowest BCUT2D eigenvalue weighted by Crippen LogP contribution is -2.37. The Hall–Kier alpha value is -2.49. The summed E-state index contributed by atoms with van der Waals surface area (Å²) in [6.45, 7) is 5.45. The molecule has 170 valence electrons. The van der Waals surface area contributed by atoms with Crippen molar-refractivity contribution in [1.29, 1.82) is 0 Å². The monoisotopic (exact) mass is 453 g/mol. The van der Waals surface area contributed by atoms with E-state index in [0.29, 0.717) is 34.5 Å². The van der Waals surface area contributed by atoms with Crippen LogP contribution in [0.3, 0.4) is 0 Å². The maximum absolute atomic E-state index is 13.4. The molecule has 0 spiro atoms. The number of carbonyl (C=O) groups is 1. The molecular formula is C22H28FNO6S. The number of carboxylic acids is 1. The highest BCUT2D eigenvalue weighted by Crippen LogP contribution is 2.38. The summed E-state index contributed by atoms with van der Waals surface area (Å²) in [5.74, 6) is -5.04. The highest BCUT2D eigenvalue weighted by molar-refractivity contribution is 7.89. The molecule has 0 aliphatic heterocycles. The van der Waals surface area contributed by atoms with E-state index in [2.05, 4.69) is 0 Å². The number of aliphatic hydroxyl groups is 2. The number of nitrogens with zero attached hydrogens (tertiary/aromatic N) is 1. The zero-order valence-electron chi connectivity index (χ0n) is 18.0. The lowest BCUT2D eigenvalue weighted by Gasteiger charge is -2.15. The van der Waals surface area contributed by atoms with Crippen LogP contribution in [0.4, 0.5) is 4.39 Å². The third-order valence-electron chi connectivity index (χ3n) is 4.97. The summed E-state index contributed by atoms with van der Waals surface area (Å²) in [6.07, 6.45) is 4.81. The maximum Gasteiger partial charge on any atom is 0.364 e. The van der Waals surface area contributed by atoms with Crippen molar-refractivity contribution < 1.29 is 32.9 Å². The Labute approximate surface area is 181 Å². The second kappa shape index (κ2) is 9.33. The smallest absolute Gasteiger partial charge is 0.364 e. The van der Waals surface area contributed by atoms with E-state index in [-0.39, 0.29) is 18.8 Å². The summed E-state index contributed by atoms with van der Waals surface area (Å²) >= 11 is 0. The van der Waals surface area contributed by atoms with Crippen molar-refractivity contribution in [3.63, 3.8) is 0 Å². The minimum Gasteiger partial charge on any atom is -0.477 e. The van der Waals surface area contributed by atoms with Crippen LogP contribution in [0.15, 0.2) is 30.3 Å². The summed E-state index contributed by atoms with van der Waals surface area (Å²) in [4.78, 5) is 10.8. The fourth-order valence-electron chi connectivity index (χ4n) is 3.61. The predicted molar refractivity (Wildman–Crippen MR) is 117 cm³/mol. The summed E-state index contributed by atoms with van der Waals surface area (Å²) in [5.41, 5.74) is 3.09. The van der Waals surface area contributed by atoms with E-state index in [4.69, 9.17) is 5.11 Å². The molecule has 0 unspecified atom stereocenters. The summed E-state index contributed by atoms with van der Waals surface area (Å²) in [6, 6.07) is 5.79. The van der Waals surface area contributed by atoms with E-state index in [1.165, 1.54) is 16.1 Å². The fraction of sp³-hybridized carbons (Fsp3) is 0.409. The van der Waals surface area contributed by atoms with Gasteiger partial charge in [0.1, 0.15) is 5.82 Å². The van der Waals surface area contributed by atoms with Gasteiger partial charge in [0.25, 0.3) is 5.79 Å². The molecule has 3 N–H and O–H groups in total. The van der Waals surface area contributed by atoms with Crippen LogP contribution >= 0.6 is 0 Å². The third kappa shape index (κ3) is 5.61. The standard InChI is InChI=1S/C22H28FNO6S/c1-14(2)20-18(8-6-5-7-13-22(27,28)21(25)26)19(15(3)24(20)31(4,29)30)16-9-11-17(23)12-10-16/h6,8-12,14,27-28H,5,7,13H2,1-4H3,(H,25,26)/b8-6+. The average Bonchev–Trinajstić information content (AvgIpc) is 2.94. The predicted octanol–water partition coefficient (Wildman–Crippen LogP) is 3.48. The number of hydrogen-bond donors (Lipinski definition) is 3. The molecule has 0 saturated heterocycles. The summed E-state index contributed by atoms with van der Waals surface area (Å²) in [5, 5.41) is 27.6. The molecule has 1 aromatic carbocycles. The lowest BCUT2D eigenvalue weighted by molar-refractivity contribution is -0.205. The first-order valence-corrected chi connectivity index (χ1v) is 11.7. The van der Waals surface area contributed by atoms with Crippen LogP contribution in [-0.4, -0.2) is 45.7 Å². The van der Waals surface area contributed by atoms with Gasteiger partial charge in [-0.15, -0.1) is 0 Å². The first kappa shape index (κ1) is 24.8. The van der Waals surface area contributed by atoms with E-state index in [0.717, 1.165) is 6.26 Å². The molecule has 31 heavy (non-hydrogen) atoms. The topological polar surface area (TPSA) is 117 Å². The van der Waals surface area contributed by atoms with Crippen molar-refractivity contribution in [3.05, 3.63) is 53.1 Å². The third-order valence-corrected chi connectivity index (χ3v) is 6.10. The van der Waals surface area contributed by atoms with Gasteiger partial charge in [0.2, 0.25) is 10.0 Å². The lowest BCUT2D eigenvalue weighted by atomic mass is 9.96. The van der Waals surface area contributed by atoms with Gasteiger partial charge in [-0.05, 0) is 43.4 Å². The van der Waals surface area contributed by atoms with Crippen LogP contribution in [0.2, 0.25) is 0 Å². The molecule has 9 heteroatoms. The molecule has 0 aliphatic rings.